The van der Waals surface area contributed by atoms with E-state index in [0.29, 0.717) is 47.9 Å². The number of rotatable bonds is 3. The first-order valence-electron chi connectivity index (χ1n) is 7.87. The molecule has 1 fully saturated rings. The summed E-state index contributed by atoms with van der Waals surface area (Å²) in [5.41, 5.74) is 0.602. The van der Waals surface area contributed by atoms with Crippen LogP contribution in [0.5, 0.6) is 17.2 Å². The fraction of sp³-hybridized carbons (Fsp3) is 0.588. The van der Waals surface area contributed by atoms with Gasteiger partial charge in [-0.2, -0.15) is 0 Å². The third-order valence-electron chi connectivity index (χ3n) is 4.53. The van der Waals surface area contributed by atoms with Crippen molar-refractivity contribution in [2.45, 2.75) is 20.3 Å². The van der Waals surface area contributed by atoms with Crippen molar-refractivity contribution in [2.75, 3.05) is 33.4 Å². The predicted octanol–water partition coefficient (Wildman–Crippen LogP) is 2.58. The highest BCUT2D eigenvalue weighted by Crippen LogP contribution is 2.40. The Balaban J connectivity index is 1.84. The van der Waals surface area contributed by atoms with Crippen molar-refractivity contribution in [3.63, 3.8) is 0 Å². The Morgan fingerprint density at radius 1 is 1.32 bits per heavy atom. The number of carbonyl (C=O) groups is 1. The number of fused-ring (bicyclic) bond motifs is 1. The molecule has 1 aromatic carbocycles. The van der Waals surface area contributed by atoms with E-state index in [1.54, 1.807) is 19.2 Å². The number of likely N-dealkylation sites (tertiary alicyclic amines) is 1. The van der Waals surface area contributed by atoms with Crippen molar-refractivity contribution in [2.24, 2.45) is 11.8 Å². The van der Waals surface area contributed by atoms with Gasteiger partial charge in [0.05, 0.1) is 7.11 Å². The normalized spacial score (nSPS) is 20.4. The molecule has 1 unspecified atom stereocenters. The molecule has 3 rings (SSSR count). The van der Waals surface area contributed by atoms with Gasteiger partial charge in [0.15, 0.2) is 11.5 Å². The first-order chi connectivity index (χ1) is 10.6. The van der Waals surface area contributed by atoms with Crippen molar-refractivity contribution < 1.29 is 19.0 Å². The molecule has 0 saturated carbocycles. The van der Waals surface area contributed by atoms with Gasteiger partial charge in [0.25, 0.3) is 5.91 Å². The van der Waals surface area contributed by atoms with E-state index in [1.165, 1.54) is 0 Å². The van der Waals surface area contributed by atoms with Crippen LogP contribution in [0, 0.1) is 11.8 Å². The summed E-state index contributed by atoms with van der Waals surface area (Å²) in [5.74, 6) is 2.97. The zero-order chi connectivity index (χ0) is 15.7. The molecule has 1 saturated heterocycles. The Kier molecular flexibility index (Phi) is 4.14. The molecule has 1 aromatic rings. The minimum Gasteiger partial charge on any atom is -0.493 e. The number of hydrogen-bond donors (Lipinski definition) is 0. The van der Waals surface area contributed by atoms with E-state index in [0.717, 1.165) is 19.5 Å². The van der Waals surface area contributed by atoms with Gasteiger partial charge in [-0.25, -0.2) is 0 Å². The van der Waals surface area contributed by atoms with Crippen LogP contribution in [0.2, 0.25) is 0 Å². The van der Waals surface area contributed by atoms with Gasteiger partial charge in [-0.05, 0) is 30.4 Å². The van der Waals surface area contributed by atoms with Gasteiger partial charge in [-0.3, -0.25) is 4.79 Å². The summed E-state index contributed by atoms with van der Waals surface area (Å²) in [6.07, 6.45) is 1.07. The minimum atomic E-state index is 0.0402. The van der Waals surface area contributed by atoms with Crippen LogP contribution in [0.3, 0.4) is 0 Å². The van der Waals surface area contributed by atoms with Crippen molar-refractivity contribution >= 4 is 5.91 Å². The van der Waals surface area contributed by atoms with Crippen molar-refractivity contribution in [1.29, 1.82) is 0 Å². The molecule has 0 N–H and O–H groups in total. The number of benzene rings is 1. The molecular weight excluding hydrogens is 282 g/mol. The Hall–Kier alpha value is -1.91. The van der Waals surface area contributed by atoms with Gasteiger partial charge in [0.2, 0.25) is 5.75 Å². The Bertz CT molecular complexity index is 553. The number of methoxy groups -OCH3 is 1. The standard InChI is InChI=1S/C17H23NO4/c1-11(2)12-4-5-18(10-12)17(19)13-8-14(20-3)16-15(9-13)21-6-7-22-16/h8-9,11-12H,4-7,10H2,1-3H3. The lowest BCUT2D eigenvalue weighted by Gasteiger charge is -2.23. The summed E-state index contributed by atoms with van der Waals surface area (Å²) in [7, 11) is 1.58. The van der Waals surface area contributed by atoms with Gasteiger partial charge in [-0.1, -0.05) is 13.8 Å². The molecule has 2 aliphatic rings. The fourth-order valence-corrected chi connectivity index (χ4v) is 3.10. The maximum atomic E-state index is 12.7. The van der Waals surface area contributed by atoms with Crippen LogP contribution in [-0.2, 0) is 0 Å². The molecule has 2 heterocycles. The molecule has 0 aliphatic carbocycles. The highest BCUT2D eigenvalue weighted by atomic mass is 16.6. The summed E-state index contributed by atoms with van der Waals surface area (Å²) in [5, 5.41) is 0. The molecule has 0 aromatic heterocycles. The molecule has 0 radical (unpaired) electrons. The summed E-state index contributed by atoms with van der Waals surface area (Å²) in [6.45, 7) is 7.06. The van der Waals surface area contributed by atoms with E-state index in [9.17, 15) is 4.79 Å². The van der Waals surface area contributed by atoms with Crippen LogP contribution in [0.25, 0.3) is 0 Å². The van der Waals surface area contributed by atoms with E-state index >= 15 is 0 Å². The van der Waals surface area contributed by atoms with Gasteiger partial charge < -0.3 is 19.1 Å². The lowest BCUT2D eigenvalue weighted by Crippen LogP contribution is -2.29. The van der Waals surface area contributed by atoms with Gasteiger partial charge in [0.1, 0.15) is 13.2 Å². The predicted molar refractivity (Wildman–Crippen MR) is 82.8 cm³/mol. The smallest absolute Gasteiger partial charge is 0.254 e. The van der Waals surface area contributed by atoms with E-state index in [1.807, 2.05) is 4.90 Å². The van der Waals surface area contributed by atoms with Crippen molar-refractivity contribution in [3.8, 4) is 17.2 Å². The number of carbonyl (C=O) groups excluding carboxylic acids is 1. The van der Waals surface area contributed by atoms with Crippen LogP contribution >= 0.6 is 0 Å². The third-order valence-corrected chi connectivity index (χ3v) is 4.53. The lowest BCUT2D eigenvalue weighted by molar-refractivity contribution is 0.0782. The van der Waals surface area contributed by atoms with Gasteiger partial charge in [-0.15, -0.1) is 0 Å². The maximum absolute atomic E-state index is 12.7. The molecule has 0 bridgehead atoms. The van der Waals surface area contributed by atoms with Crippen LogP contribution < -0.4 is 14.2 Å². The summed E-state index contributed by atoms with van der Waals surface area (Å²) in [6, 6.07) is 3.51. The second kappa shape index (κ2) is 6.07. The Morgan fingerprint density at radius 3 is 2.77 bits per heavy atom. The zero-order valence-corrected chi connectivity index (χ0v) is 13.4. The lowest BCUT2D eigenvalue weighted by atomic mass is 9.95. The molecule has 1 amide bonds. The first-order valence-corrected chi connectivity index (χ1v) is 7.87. The zero-order valence-electron chi connectivity index (χ0n) is 13.4. The van der Waals surface area contributed by atoms with Crippen LogP contribution in [0.4, 0.5) is 0 Å². The molecular formula is C17H23NO4. The molecule has 5 heteroatoms. The van der Waals surface area contributed by atoms with Crippen molar-refractivity contribution in [3.05, 3.63) is 17.7 Å². The van der Waals surface area contributed by atoms with E-state index in [2.05, 4.69) is 13.8 Å². The number of hydrogen-bond acceptors (Lipinski definition) is 4. The number of ether oxygens (including phenoxy) is 3. The monoisotopic (exact) mass is 305 g/mol. The largest absolute Gasteiger partial charge is 0.493 e. The molecule has 5 nitrogen and oxygen atoms in total. The average molecular weight is 305 g/mol. The number of nitrogens with zero attached hydrogens (tertiary/aromatic N) is 1. The summed E-state index contributed by atoms with van der Waals surface area (Å²) < 4.78 is 16.5. The van der Waals surface area contributed by atoms with Gasteiger partial charge >= 0.3 is 0 Å². The number of amides is 1. The minimum absolute atomic E-state index is 0.0402. The molecule has 22 heavy (non-hydrogen) atoms. The third kappa shape index (κ3) is 2.72. The van der Waals surface area contributed by atoms with E-state index < -0.39 is 0 Å². The fourth-order valence-electron chi connectivity index (χ4n) is 3.10. The molecule has 0 spiro atoms. The second-order valence-electron chi connectivity index (χ2n) is 6.25. The average Bonchev–Trinajstić information content (AvgIpc) is 3.03. The van der Waals surface area contributed by atoms with Gasteiger partial charge in [0, 0.05) is 18.7 Å². The van der Waals surface area contributed by atoms with Crippen molar-refractivity contribution in [1.82, 2.24) is 4.90 Å². The first kappa shape index (κ1) is 15.0. The highest BCUT2D eigenvalue weighted by molar-refractivity contribution is 5.95. The van der Waals surface area contributed by atoms with Crippen LogP contribution in [0.1, 0.15) is 30.6 Å². The van der Waals surface area contributed by atoms with Crippen LogP contribution in [-0.4, -0.2) is 44.2 Å². The SMILES string of the molecule is COc1cc(C(=O)N2CCC(C(C)C)C2)cc2c1OCCO2. The molecule has 120 valence electrons. The highest BCUT2D eigenvalue weighted by Gasteiger charge is 2.30. The maximum Gasteiger partial charge on any atom is 0.254 e. The van der Waals surface area contributed by atoms with Crippen LogP contribution in [0.15, 0.2) is 12.1 Å². The Morgan fingerprint density at radius 2 is 2.09 bits per heavy atom. The second-order valence-corrected chi connectivity index (χ2v) is 6.25. The molecule has 1 atom stereocenters. The summed E-state index contributed by atoms with van der Waals surface area (Å²) >= 11 is 0. The van der Waals surface area contributed by atoms with E-state index in [4.69, 9.17) is 14.2 Å². The Labute approximate surface area is 131 Å². The topological polar surface area (TPSA) is 48.0 Å². The molecule has 2 aliphatic heterocycles. The quantitative estimate of drug-likeness (QED) is 0.861. The van der Waals surface area contributed by atoms with E-state index in [-0.39, 0.29) is 5.91 Å². The summed E-state index contributed by atoms with van der Waals surface area (Å²) in [4.78, 5) is 14.7.